The van der Waals surface area contributed by atoms with Crippen molar-refractivity contribution in [1.82, 2.24) is 4.90 Å². The number of ether oxygens (including phenoxy) is 1. The van der Waals surface area contributed by atoms with Gasteiger partial charge in [0.05, 0.1) is 5.69 Å². The van der Waals surface area contributed by atoms with Gasteiger partial charge in [0, 0.05) is 29.2 Å². The topological polar surface area (TPSA) is 65.3 Å². The van der Waals surface area contributed by atoms with E-state index in [0.717, 1.165) is 30.6 Å². The maximum atomic E-state index is 10.4. The molecule has 2 N–H and O–H groups in total. The Bertz CT molecular complexity index is 1230. The molecule has 0 saturated carbocycles. The summed E-state index contributed by atoms with van der Waals surface area (Å²) in [5.74, 6) is 1.19. The number of aliphatic hydroxyl groups excluding tert-OH is 1. The molecule has 7 rings (SSSR count). The van der Waals surface area contributed by atoms with Crippen LogP contribution in [0.1, 0.15) is 23.1 Å². The molecule has 2 aliphatic heterocycles. The fourth-order valence-electron chi connectivity index (χ4n) is 6.44. The van der Waals surface area contributed by atoms with E-state index >= 15 is 0 Å². The summed E-state index contributed by atoms with van der Waals surface area (Å²) < 4.78 is 6.09. The van der Waals surface area contributed by atoms with Crippen molar-refractivity contribution < 1.29 is 14.9 Å². The summed E-state index contributed by atoms with van der Waals surface area (Å²) in [4.78, 5) is 6.78. The Hall–Kier alpha value is -3.41. The van der Waals surface area contributed by atoms with Gasteiger partial charge in [-0.05, 0) is 55.8 Å². The molecule has 1 fully saturated rings. The molecule has 35 heavy (non-hydrogen) atoms. The average Bonchev–Trinajstić information content (AvgIpc) is 3.25. The zero-order valence-corrected chi connectivity index (χ0v) is 19.8. The Balaban J connectivity index is 0.000000143. The lowest BCUT2D eigenvalue weighted by molar-refractivity contribution is -0.0453. The SMILES string of the molecule is C(=N\c1ccccc1)/c1ccccc1.CN1CC[C@]23c4c5ccc(O)c4O[C@H]2[C@@H](O)C=C[C@H]3[C@H]1C5. The molecule has 3 aromatic rings. The molecule has 5 atom stereocenters. The van der Waals surface area contributed by atoms with Crippen LogP contribution < -0.4 is 4.74 Å². The van der Waals surface area contributed by atoms with Crippen LogP contribution in [-0.2, 0) is 11.8 Å². The van der Waals surface area contributed by atoms with Crippen molar-refractivity contribution in [1.29, 1.82) is 0 Å². The van der Waals surface area contributed by atoms with Crippen molar-refractivity contribution >= 4 is 11.9 Å². The van der Waals surface area contributed by atoms with Gasteiger partial charge in [0.2, 0.25) is 0 Å². The molecule has 0 unspecified atom stereocenters. The fourth-order valence-corrected chi connectivity index (χ4v) is 6.44. The maximum Gasteiger partial charge on any atom is 0.165 e. The van der Waals surface area contributed by atoms with Crippen LogP contribution in [0.3, 0.4) is 0 Å². The number of aliphatic hydroxyl groups is 1. The Labute approximate surface area is 206 Å². The van der Waals surface area contributed by atoms with Gasteiger partial charge in [-0.15, -0.1) is 0 Å². The quantitative estimate of drug-likeness (QED) is 0.427. The first kappa shape index (κ1) is 22.1. The van der Waals surface area contributed by atoms with E-state index in [1.807, 2.05) is 79.0 Å². The number of likely N-dealkylation sites (tertiary alicyclic amines) is 1. The Morgan fingerprint density at radius 1 is 1.00 bits per heavy atom. The van der Waals surface area contributed by atoms with Crippen LogP contribution >= 0.6 is 0 Å². The van der Waals surface area contributed by atoms with E-state index in [1.54, 1.807) is 6.07 Å². The minimum atomic E-state index is -0.594. The summed E-state index contributed by atoms with van der Waals surface area (Å²) >= 11 is 0. The zero-order chi connectivity index (χ0) is 24.0. The highest BCUT2D eigenvalue weighted by Gasteiger charge is 2.64. The van der Waals surface area contributed by atoms with Crippen molar-refractivity contribution in [2.75, 3.05) is 13.6 Å². The predicted molar refractivity (Wildman–Crippen MR) is 138 cm³/mol. The second-order valence-electron chi connectivity index (χ2n) is 9.93. The van der Waals surface area contributed by atoms with Crippen LogP contribution in [-0.4, -0.2) is 53.2 Å². The second-order valence-corrected chi connectivity index (χ2v) is 9.93. The van der Waals surface area contributed by atoms with Crippen LogP contribution in [0.2, 0.25) is 0 Å². The number of phenolic OH excluding ortho intramolecular Hbond substituents is 1. The van der Waals surface area contributed by atoms with Gasteiger partial charge in [-0.3, -0.25) is 4.99 Å². The average molecular weight is 467 g/mol. The summed E-state index contributed by atoms with van der Waals surface area (Å²) in [6.07, 6.45) is 7.05. The van der Waals surface area contributed by atoms with Crippen LogP contribution in [0.15, 0.2) is 89.9 Å². The van der Waals surface area contributed by atoms with Crippen LogP contribution in [0.5, 0.6) is 11.5 Å². The summed E-state index contributed by atoms with van der Waals surface area (Å²) in [7, 11) is 2.19. The van der Waals surface area contributed by atoms with Gasteiger partial charge in [-0.2, -0.15) is 0 Å². The zero-order valence-electron chi connectivity index (χ0n) is 19.8. The van der Waals surface area contributed by atoms with Crippen LogP contribution in [0.4, 0.5) is 5.69 Å². The van der Waals surface area contributed by atoms with Crippen molar-refractivity contribution in [2.45, 2.75) is 36.5 Å². The summed E-state index contributed by atoms with van der Waals surface area (Å²) in [6, 6.07) is 24.2. The number of benzene rings is 3. The summed E-state index contributed by atoms with van der Waals surface area (Å²) in [6.45, 7) is 1.01. The molecule has 4 aliphatic rings. The van der Waals surface area contributed by atoms with Crippen molar-refractivity contribution in [3.63, 3.8) is 0 Å². The number of aromatic hydroxyl groups is 1. The minimum Gasteiger partial charge on any atom is -0.504 e. The third kappa shape index (κ3) is 3.58. The molecule has 2 bridgehead atoms. The van der Waals surface area contributed by atoms with Crippen molar-refractivity contribution in [3.05, 3.63) is 102 Å². The third-order valence-corrected chi connectivity index (χ3v) is 8.07. The van der Waals surface area contributed by atoms with Gasteiger partial charge in [-0.1, -0.05) is 66.7 Å². The van der Waals surface area contributed by atoms with Crippen molar-refractivity contribution in [2.24, 2.45) is 10.9 Å². The molecule has 0 aromatic heterocycles. The standard InChI is InChI=1S/C17H19NO3.C13H11N/c1-18-7-6-17-10-3-5-13(20)16(17)21-15-12(19)4-2-9(14(15)17)8-11(10)18;1-3-7-12(8-4-1)11-14-13-9-5-2-6-10-13/h2-5,10-11,13,16,19-20H,6-8H2,1H3;1-11H/b;14-11+/t10-,11+,13-,16-,17-;/m0./s1. The van der Waals surface area contributed by atoms with Crippen LogP contribution in [0, 0.1) is 5.92 Å². The van der Waals surface area contributed by atoms with E-state index in [-0.39, 0.29) is 17.3 Å². The van der Waals surface area contributed by atoms with E-state index in [4.69, 9.17) is 4.74 Å². The lowest BCUT2D eigenvalue weighted by atomic mass is 9.53. The number of rotatable bonds is 2. The number of aliphatic imine (C=N–C) groups is 1. The molecule has 178 valence electrons. The number of phenols is 1. The molecule has 5 heteroatoms. The molecule has 3 aromatic carbocycles. The highest BCUT2D eigenvalue weighted by molar-refractivity contribution is 5.81. The molecule has 5 nitrogen and oxygen atoms in total. The summed E-state index contributed by atoms with van der Waals surface area (Å²) in [5, 5.41) is 20.6. The van der Waals surface area contributed by atoms with E-state index in [9.17, 15) is 10.2 Å². The first-order chi connectivity index (χ1) is 17.1. The number of nitrogens with zero attached hydrogens (tertiary/aromatic N) is 2. The third-order valence-electron chi connectivity index (χ3n) is 8.07. The highest BCUT2D eigenvalue weighted by atomic mass is 16.5. The van der Waals surface area contributed by atoms with E-state index in [2.05, 4.69) is 23.0 Å². The maximum absolute atomic E-state index is 10.4. The molecule has 1 saturated heterocycles. The molecule has 2 heterocycles. The molecule has 1 spiro atoms. The fraction of sp³-hybridized carbons (Fsp3) is 0.300. The van der Waals surface area contributed by atoms with Gasteiger partial charge in [0.15, 0.2) is 11.5 Å². The first-order valence-corrected chi connectivity index (χ1v) is 12.3. The van der Waals surface area contributed by atoms with Crippen molar-refractivity contribution in [3.8, 4) is 11.5 Å². The van der Waals surface area contributed by atoms with E-state index < -0.39 is 6.10 Å². The molecular formula is C30H30N2O3. The largest absolute Gasteiger partial charge is 0.504 e. The Morgan fingerprint density at radius 3 is 2.51 bits per heavy atom. The van der Waals surface area contributed by atoms with E-state index in [0.29, 0.717) is 17.7 Å². The number of piperidine rings is 1. The lowest BCUT2D eigenvalue weighted by Crippen LogP contribution is -2.64. The number of hydrogen-bond donors (Lipinski definition) is 2. The molecule has 0 radical (unpaired) electrons. The smallest absolute Gasteiger partial charge is 0.165 e. The Kier molecular flexibility index (Phi) is 5.47. The lowest BCUT2D eigenvalue weighted by Gasteiger charge is -2.56. The number of hydrogen-bond acceptors (Lipinski definition) is 5. The highest BCUT2D eigenvalue weighted by Crippen LogP contribution is 2.62. The van der Waals surface area contributed by atoms with Gasteiger partial charge in [0.25, 0.3) is 0 Å². The second kappa shape index (κ2) is 8.67. The number of para-hydroxylation sites is 1. The summed E-state index contributed by atoms with van der Waals surface area (Å²) in [5.41, 5.74) is 4.39. The minimum absolute atomic E-state index is 0.160. The number of likely N-dealkylation sites (N-methyl/N-ethyl adjacent to an activating group) is 1. The first-order valence-electron chi connectivity index (χ1n) is 12.3. The monoisotopic (exact) mass is 466 g/mol. The molecular weight excluding hydrogens is 436 g/mol. The van der Waals surface area contributed by atoms with Gasteiger partial charge < -0.3 is 19.8 Å². The van der Waals surface area contributed by atoms with E-state index in [1.165, 1.54) is 11.1 Å². The van der Waals surface area contributed by atoms with Crippen LogP contribution in [0.25, 0.3) is 0 Å². The molecule has 2 aliphatic carbocycles. The van der Waals surface area contributed by atoms with Gasteiger partial charge >= 0.3 is 0 Å². The Morgan fingerprint density at radius 2 is 1.74 bits per heavy atom. The van der Waals surface area contributed by atoms with Gasteiger partial charge in [0.1, 0.15) is 12.2 Å². The normalized spacial score (nSPS) is 29.8. The van der Waals surface area contributed by atoms with Gasteiger partial charge in [-0.25, -0.2) is 0 Å². The molecule has 0 amide bonds. The predicted octanol–water partition coefficient (Wildman–Crippen LogP) is 4.64.